The summed E-state index contributed by atoms with van der Waals surface area (Å²) in [5.41, 5.74) is 8.58. The molecule has 2 heterocycles. The van der Waals surface area contributed by atoms with Crippen LogP contribution in [-0.2, 0) is 6.54 Å². The highest BCUT2D eigenvalue weighted by molar-refractivity contribution is 6.32. The largest absolute Gasteiger partial charge is 0.495 e. The summed E-state index contributed by atoms with van der Waals surface area (Å²) < 4.78 is 10.7. The lowest BCUT2D eigenvalue weighted by molar-refractivity contribution is 0.396. The van der Waals surface area contributed by atoms with Gasteiger partial charge >= 0.3 is 0 Å². The lowest BCUT2D eigenvalue weighted by Gasteiger charge is -2.25. The van der Waals surface area contributed by atoms with Gasteiger partial charge in [-0.3, -0.25) is 0 Å². The zero-order valence-corrected chi connectivity index (χ0v) is 19.0. The Morgan fingerprint density at radius 1 is 0.939 bits per heavy atom. The standard InChI is InChI=1S/C24H23ClN6O2/c1-32-19-13-20(33-2)18(12-17(19)25)30-23-22(26)24(29-15-28-23)31(21-10-6-7-11-27-21)14-16-8-4-3-5-9-16/h3-13,15H,14,26H2,1-2H3,(H,28,29,30). The van der Waals surface area contributed by atoms with Crippen LogP contribution in [-0.4, -0.2) is 29.2 Å². The first-order valence-corrected chi connectivity index (χ1v) is 10.5. The van der Waals surface area contributed by atoms with Crippen molar-refractivity contribution in [3.05, 3.63) is 83.8 Å². The average molecular weight is 463 g/mol. The van der Waals surface area contributed by atoms with Crippen LogP contribution in [0.5, 0.6) is 11.5 Å². The van der Waals surface area contributed by atoms with Gasteiger partial charge < -0.3 is 25.4 Å². The Labute approximate surface area is 197 Å². The van der Waals surface area contributed by atoms with E-state index in [-0.39, 0.29) is 0 Å². The number of nitrogens with one attached hydrogen (secondary N) is 1. The average Bonchev–Trinajstić information content (AvgIpc) is 2.85. The van der Waals surface area contributed by atoms with Crippen molar-refractivity contribution in [3.8, 4) is 11.5 Å². The minimum absolute atomic E-state index is 0.355. The molecular weight excluding hydrogens is 440 g/mol. The number of hydrogen-bond acceptors (Lipinski definition) is 8. The van der Waals surface area contributed by atoms with Crippen LogP contribution in [0.3, 0.4) is 0 Å². The highest BCUT2D eigenvalue weighted by Crippen LogP contribution is 2.39. The second-order valence-electron chi connectivity index (χ2n) is 7.03. The van der Waals surface area contributed by atoms with Crippen LogP contribution in [0, 0.1) is 0 Å². The van der Waals surface area contributed by atoms with Gasteiger partial charge in [0.15, 0.2) is 11.6 Å². The van der Waals surface area contributed by atoms with Gasteiger partial charge in [-0.15, -0.1) is 0 Å². The second-order valence-corrected chi connectivity index (χ2v) is 7.44. The number of nitrogen functional groups attached to an aromatic ring is 1. The maximum atomic E-state index is 6.55. The molecule has 4 aromatic rings. The minimum atomic E-state index is 0.355. The molecule has 0 aliphatic carbocycles. The van der Waals surface area contributed by atoms with Crippen molar-refractivity contribution in [2.45, 2.75) is 6.54 Å². The molecule has 33 heavy (non-hydrogen) atoms. The Kier molecular flexibility index (Phi) is 6.75. The van der Waals surface area contributed by atoms with Gasteiger partial charge in [-0.2, -0.15) is 0 Å². The Hall–Kier alpha value is -4.04. The van der Waals surface area contributed by atoms with Crippen LogP contribution < -0.4 is 25.4 Å². The number of nitrogens with zero attached hydrogens (tertiary/aromatic N) is 4. The SMILES string of the molecule is COc1cc(OC)c(Nc2ncnc(N(Cc3ccccc3)c3ccccn3)c2N)cc1Cl. The van der Waals surface area contributed by atoms with E-state index in [2.05, 4.69) is 20.3 Å². The molecule has 0 spiro atoms. The molecule has 0 fully saturated rings. The van der Waals surface area contributed by atoms with Crippen molar-refractivity contribution in [2.24, 2.45) is 0 Å². The van der Waals surface area contributed by atoms with Crippen LogP contribution in [0.15, 0.2) is 73.2 Å². The Morgan fingerprint density at radius 2 is 1.70 bits per heavy atom. The molecule has 9 heteroatoms. The maximum Gasteiger partial charge on any atom is 0.163 e. The van der Waals surface area contributed by atoms with Gasteiger partial charge in [0.05, 0.1) is 31.5 Å². The second kappa shape index (κ2) is 10.1. The molecule has 0 unspecified atom stereocenters. The number of ether oxygens (including phenoxy) is 2. The van der Waals surface area contributed by atoms with Gasteiger partial charge in [-0.25, -0.2) is 15.0 Å². The lowest BCUT2D eigenvalue weighted by Crippen LogP contribution is -2.21. The number of nitrogens with two attached hydrogens (primary N) is 1. The molecule has 2 aromatic heterocycles. The fraction of sp³-hybridized carbons (Fsp3) is 0.125. The molecule has 8 nitrogen and oxygen atoms in total. The van der Waals surface area contributed by atoms with Crippen molar-refractivity contribution in [1.82, 2.24) is 15.0 Å². The van der Waals surface area contributed by atoms with Crippen LogP contribution in [0.2, 0.25) is 5.02 Å². The lowest BCUT2D eigenvalue weighted by atomic mass is 10.2. The fourth-order valence-electron chi connectivity index (χ4n) is 3.33. The molecule has 0 atom stereocenters. The smallest absolute Gasteiger partial charge is 0.163 e. The van der Waals surface area contributed by atoms with E-state index in [4.69, 9.17) is 26.8 Å². The summed E-state index contributed by atoms with van der Waals surface area (Å²) in [6, 6.07) is 19.1. The topological polar surface area (TPSA) is 98.4 Å². The Morgan fingerprint density at radius 3 is 2.39 bits per heavy atom. The van der Waals surface area contributed by atoms with Crippen LogP contribution in [0.1, 0.15) is 5.56 Å². The number of halogens is 1. The molecule has 0 saturated heterocycles. The van der Waals surface area contributed by atoms with E-state index in [0.29, 0.717) is 51.9 Å². The monoisotopic (exact) mass is 462 g/mol. The summed E-state index contributed by atoms with van der Waals surface area (Å²) in [4.78, 5) is 15.3. The van der Waals surface area contributed by atoms with Crippen LogP contribution >= 0.6 is 11.6 Å². The third kappa shape index (κ3) is 4.91. The molecule has 0 radical (unpaired) electrons. The summed E-state index contributed by atoms with van der Waals surface area (Å²) in [5, 5.41) is 3.63. The number of rotatable bonds is 8. The highest BCUT2D eigenvalue weighted by Gasteiger charge is 2.20. The van der Waals surface area contributed by atoms with E-state index >= 15 is 0 Å². The number of pyridine rings is 1. The molecule has 168 valence electrons. The molecule has 0 aliphatic rings. The summed E-state index contributed by atoms with van der Waals surface area (Å²) >= 11 is 6.32. The van der Waals surface area contributed by atoms with Crippen molar-refractivity contribution < 1.29 is 9.47 Å². The molecule has 4 rings (SSSR count). The van der Waals surface area contributed by atoms with E-state index < -0.39 is 0 Å². The van der Waals surface area contributed by atoms with E-state index in [1.165, 1.54) is 6.33 Å². The summed E-state index contributed by atoms with van der Waals surface area (Å²) in [7, 11) is 3.10. The number of benzene rings is 2. The summed E-state index contributed by atoms with van der Waals surface area (Å²) in [6.45, 7) is 0.524. The van der Waals surface area contributed by atoms with Crippen molar-refractivity contribution in [2.75, 3.05) is 30.2 Å². The van der Waals surface area contributed by atoms with Crippen LogP contribution in [0.4, 0.5) is 28.8 Å². The van der Waals surface area contributed by atoms with Gasteiger partial charge in [0.25, 0.3) is 0 Å². The molecule has 0 aliphatic heterocycles. The number of anilines is 5. The predicted molar refractivity (Wildman–Crippen MR) is 131 cm³/mol. The summed E-state index contributed by atoms with van der Waals surface area (Å²) in [6.07, 6.45) is 3.18. The quantitative estimate of drug-likeness (QED) is 0.368. The zero-order chi connectivity index (χ0) is 23.2. The van der Waals surface area contributed by atoms with E-state index in [1.807, 2.05) is 53.4 Å². The third-order valence-electron chi connectivity index (χ3n) is 4.95. The normalized spacial score (nSPS) is 10.5. The molecule has 0 bridgehead atoms. The van der Waals surface area contributed by atoms with Crippen LogP contribution in [0.25, 0.3) is 0 Å². The highest BCUT2D eigenvalue weighted by atomic mass is 35.5. The van der Waals surface area contributed by atoms with Gasteiger partial charge in [0.2, 0.25) is 0 Å². The zero-order valence-electron chi connectivity index (χ0n) is 18.2. The van der Waals surface area contributed by atoms with Gasteiger partial charge in [-0.1, -0.05) is 48.0 Å². The minimum Gasteiger partial charge on any atom is -0.495 e. The third-order valence-corrected chi connectivity index (χ3v) is 5.25. The number of hydrogen-bond donors (Lipinski definition) is 2. The molecular formula is C24H23ClN6O2. The van der Waals surface area contributed by atoms with Gasteiger partial charge in [0, 0.05) is 12.3 Å². The number of methoxy groups -OCH3 is 2. The van der Waals surface area contributed by atoms with Crippen molar-refractivity contribution in [1.29, 1.82) is 0 Å². The first-order valence-electron chi connectivity index (χ1n) is 10.1. The predicted octanol–water partition coefficient (Wildman–Crippen LogP) is 5.21. The van der Waals surface area contributed by atoms with Crippen molar-refractivity contribution in [3.63, 3.8) is 0 Å². The Bertz CT molecular complexity index is 1220. The maximum absolute atomic E-state index is 6.55. The number of aromatic nitrogens is 3. The Balaban J connectivity index is 1.74. The first-order chi connectivity index (χ1) is 16.1. The molecule has 2 aromatic carbocycles. The fourth-order valence-corrected chi connectivity index (χ4v) is 3.57. The van der Waals surface area contributed by atoms with E-state index in [9.17, 15) is 0 Å². The molecule has 3 N–H and O–H groups in total. The van der Waals surface area contributed by atoms with E-state index in [1.54, 1.807) is 32.5 Å². The van der Waals surface area contributed by atoms with Gasteiger partial charge in [0.1, 0.15) is 29.3 Å². The van der Waals surface area contributed by atoms with E-state index in [0.717, 1.165) is 5.56 Å². The first kappa shape index (κ1) is 22.2. The molecule has 0 amide bonds. The van der Waals surface area contributed by atoms with Gasteiger partial charge in [-0.05, 0) is 23.8 Å². The molecule has 0 saturated carbocycles. The van der Waals surface area contributed by atoms with Crippen molar-refractivity contribution >= 4 is 40.4 Å². The summed E-state index contributed by atoms with van der Waals surface area (Å²) in [5.74, 6) is 2.67.